The first-order chi connectivity index (χ1) is 12.5. The predicted molar refractivity (Wildman–Crippen MR) is 99.5 cm³/mol. The predicted octanol–water partition coefficient (Wildman–Crippen LogP) is 1.25. The highest BCUT2D eigenvalue weighted by atomic mass is 16.2. The summed E-state index contributed by atoms with van der Waals surface area (Å²) in [7, 11) is 1.84. The van der Waals surface area contributed by atoms with Gasteiger partial charge in [0.25, 0.3) is 0 Å². The lowest BCUT2D eigenvalue weighted by Gasteiger charge is -2.37. The summed E-state index contributed by atoms with van der Waals surface area (Å²) in [6.07, 6.45) is 2.88. The number of aryl methyl sites for hydroxylation is 1. The molecule has 0 spiro atoms. The number of likely N-dealkylation sites (tertiary alicyclic amines) is 1. The Balaban J connectivity index is 1.85. The molecule has 0 radical (unpaired) electrons. The molecule has 1 aliphatic rings. The lowest BCUT2D eigenvalue weighted by atomic mass is 9.75. The fraction of sp³-hybridized carbons (Fsp3) is 0.526. The summed E-state index contributed by atoms with van der Waals surface area (Å²) >= 11 is 0. The Labute approximate surface area is 154 Å². The normalized spacial score (nSPS) is 15.9. The smallest absolute Gasteiger partial charge is 0.317 e. The summed E-state index contributed by atoms with van der Waals surface area (Å²) < 4.78 is 0. The number of likely N-dealkylation sites (N-methyl/N-ethyl adjacent to an activating group) is 1. The molecule has 3 amide bonds. The molecule has 7 nitrogen and oxygen atoms in total. The van der Waals surface area contributed by atoms with Crippen molar-refractivity contribution in [2.75, 3.05) is 33.2 Å². The van der Waals surface area contributed by atoms with Gasteiger partial charge in [-0.1, -0.05) is 12.1 Å². The minimum atomic E-state index is -0.439. The first-order valence-corrected chi connectivity index (χ1v) is 8.97. The number of primary amides is 1. The number of piperidine rings is 1. The fourth-order valence-electron chi connectivity index (χ4n) is 3.18. The molecule has 1 heterocycles. The number of amides is 3. The number of rotatable bonds is 7. The number of nitrogens with one attached hydrogen (secondary N) is 2. The minimum absolute atomic E-state index is 0.0613. The Morgan fingerprint density at radius 3 is 2.42 bits per heavy atom. The number of nitriles is 1. The molecule has 1 aliphatic heterocycles. The maximum absolute atomic E-state index is 12.1. The average Bonchev–Trinajstić information content (AvgIpc) is 2.67. The van der Waals surface area contributed by atoms with Gasteiger partial charge in [-0.3, -0.25) is 4.79 Å². The molecule has 1 aromatic rings. The highest BCUT2D eigenvalue weighted by Gasteiger charge is 2.35. The van der Waals surface area contributed by atoms with Gasteiger partial charge in [0.1, 0.15) is 0 Å². The van der Waals surface area contributed by atoms with Crippen molar-refractivity contribution in [3.05, 3.63) is 35.4 Å². The van der Waals surface area contributed by atoms with Crippen molar-refractivity contribution < 1.29 is 9.59 Å². The van der Waals surface area contributed by atoms with Crippen molar-refractivity contribution >= 4 is 11.9 Å². The Hall–Kier alpha value is -2.59. The maximum atomic E-state index is 12.1. The van der Waals surface area contributed by atoms with Gasteiger partial charge in [-0.25, -0.2) is 4.79 Å². The molecule has 140 valence electrons. The van der Waals surface area contributed by atoms with Crippen LogP contribution in [0.25, 0.3) is 0 Å². The Morgan fingerprint density at radius 2 is 1.88 bits per heavy atom. The summed E-state index contributed by atoms with van der Waals surface area (Å²) in [5.74, 6) is -0.439. The van der Waals surface area contributed by atoms with Crippen LogP contribution in [0, 0.1) is 16.7 Å². The van der Waals surface area contributed by atoms with Gasteiger partial charge in [0.05, 0.1) is 11.5 Å². The van der Waals surface area contributed by atoms with Gasteiger partial charge in [0.15, 0.2) is 0 Å². The molecule has 7 heteroatoms. The summed E-state index contributed by atoms with van der Waals surface area (Å²) in [5.41, 5.74) is 6.42. The van der Waals surface area contributed by atoms with E-state index in [1.54, 1.807) is 17.0 Å². The highest BCUT2D eigenvalue weighted by molar-refractivity contribution is 5.92. The zero-order chi connectivity index (χ0) is 19.0. The van der Waals surface area contributed by atoms with Crippen LogP contribution in [0.1, 0.15) is 35.2 Å². The van der Waals surface area contributed by atoms with Gasteiger partial charge in [-0.05, 0) is 50.4 Å². The molecular weight excluding hydrogens is 330 g/mol. The molecule has 0 aliphatic carbocycles. The Bertz CT molecular complexity index is 658. The van der Waals surface area contributed by atoms with Crippen LogP contribution >= 0.6 is 0 Å². The second kappa shape index (κ2) is 9.20. The van der Waals surface area contributed by atoms with Crippen LogP contribution in [0.2, 0.25) is 0 Å². The first kappa shape index (κ1) is 19.7. The number of carbonyl (C=O) groups is 2. The monoisotopic (exact) mass is 357 g/mol. The van der Waals surface area contributed by atoms with E-state index in [1.165, 1.54) is 0 Å². The molecule has 0 atom stereocenters. The third kappa shape index (κ3) is 5.20. The highest BCUT2D eigenvalue weighted by Crippen LogP contribution is 2.35. The van der Waals surface area contributed by atoms with Crippen molar-refractivity contribution in [1.82, 2.24) is 15.5 Å². The van der Waals surface area contributed by atoms with Crippen molar-refractivity contribution in [3.63, 3.8) is 0 Å². The summed E-state index contributed by atoms with van der Waals surface area (Å²) in [6, 6.07) is 9.63. The van der Waals surface area contributed by atoms with Gasteiger partial charge in [-0.15, -0.1) is 0 Å². The number of nitrogens with zero attached hydrogens (tertiary/aromatic N) is 2. The van der Waals surface area contributed by atoms with E-state index in [0.29, 0.717) is 38.0 Å². The van der Waals surface area contributed by atoms with E-state index >= 15 is 0 Å². The summed E-state index contributed by atoms with van der Waals surface area (Å²) in [4.78, 5) is 25.0. The first-order valence-electron chi connectivity index (χ1n) is 8.97. The molecule has 2 rings (SSSR count). The van der Waals surface area contributed by atoms with Crippen LogP contribution in [0.15, 0.2) is 24.3 Å². The SMILES string of the molecule is CNCCNC(=O)N1CCC(C#N)(CCc2ccc(C(N)=O)cc2)CC1. The Kier molecular flexibility index (Phi) is 6.98. The molecule has 1 aromatic carbocycles. The molecule has 1 fully saturated rings. The van der Waals surface area contributed by atoms with Crippen LogP contribution < -0.4 is 16.4 Å². The largest absolute Gasteiger partial charge is 0.366 e. The summed E-state index contributed by atoms with van der Waals surface area (Å²) in [6.45, 7) is 2.52. The van der Waals surface area contributed by atoms with Crippen LogP contribution in [0.5, 0.6) is 0 Å². The zero-order valence-corrected chi connectivity index (χ0v) is 15.3. The van der Waals surface area contributed by atoms with Gasteiger partial charge in [-0.2, -0.15) is 5.26 Å². The minimum Gasteiger partial charge on any atom is -0.366 e. The number of hydrogen-bond donors (Lipinski definition) is 3. The van der Waals surface area contributed by atoms with Crippen LogP contribution in [0.4, 0.5) is 4.79 Å². The molecule has 1 saturated heterocycles. The van der Waals surface area contributed by atoms with E-state index in [4.69, 9.17) is 5.73 Å². The van der Waals surface area contributed by atoms with Crippen LogP contribution in [0.3, 0.4) is 0 Å². The molecule has 0 aromatic heterocycles. The lowest BCUT2D eigenvalue weighted by Crippen LogP contribution is -2.48. The molecule has 0 unspecified atom stereocenters. The zero-order valence-electron chi connectivity index (χ0n) is 15.3. The second-order valence-corrected chi connectivity index (χ2v) is 6.78. The Morgan fingerprint density at radius 1 is 1.23 bits per heavy atom. The quantitative estimate of drug-likeness (QED) is 0.638. The van der Waals surface area contributed by atoms with Crippen LogP contribution in [-0.4, -0.2) is 50.1 Å². The number of benzene rings is 1. The van der Waals surface area contributed by atoms with E-state index in [0.717, 1.165) is 24.9 Å². The number of hydrogen-bond acceptors (Lipinski definition) is 4. The van der Waals surface area contributed by atoms with Crippen LogP contribution in [-0.2, 0) is 6.42 Å². The molecule has 0 saturated carbocycles. The van der Waals surface area contributed by atoms with E-state index in [2.05, 4.69) is 16.7 Å². The molecule has 0 bridgehead atoms. The van der Waals surface area contributed by atoms with Gasteiger partial charge in [0.2, 0.25) is 5.91 Å². The van der Waals surface area contributed by atoms with Crippen molar-refractivity contribution in [1.29, 1.82) is 5.26 Å². The summed E-state index contributed by atoms with van der Waals surface area (Å²) in [5, 5.41) is 15.6. The molecule has 26 heavy (non-hydrogen) atoms. The van der Waals surface area contributed by atoms with Crippen molar-refractivity contribution in [3.8, 4) is 6.07 Å². The number of carbonyl (C=O) groups excluding carboxylic acids is 2. The second-order valence-electron chi connectivity index (χ2n) is 6.78. The number of nitrogens with two attached hydrogens (primary N) is 1. The third-order valence-electron chi connectivity index (χ3n) is 5.03. The van der Waals surface area contributed by atoms with Gasteiger partial charge < -0.3 is 21.3 Å². The average molecular weight is 357 g/mol. The van der Waals surface area contributed by atoms with Crippen molar-refractivity contribution in [2.45, 2.75) is 25.7 Å². The van der Waals surface area contributed by atoms with E-state index in [-0.39, 0.29) is 6.03 Å². The van der Waals surface area contributed by atoms with E-state index < -0.39 is 11.3 Å². The third-order valence-corrected chi connectivity index (χ3v) is 5.03. The topological polar surface area (TPSA) is 111 Å². The lowest BCUT2D eigenvalue weighted by molar-refractivity contribution is 0.1000. The standard InChI is InChI=1S/C19H27N5O2/c1-22-10-11-23-18(26)24-12-8-19(14-20,9-13-24)7-6-15-2-4-16(5-3-15)17(21)25/h2-5,22H,6-13H2,1H3,(H2,21,25)(H,23,26). The molecule has 4 N–H and O–H groups in total. The van der Waals surface area contributed by atoms with Gasteiger partial charge >= 0.3 is 6.03 Å². The number of urea groups is 1. The molecular formula is C19H27N5O2. The van der Waals surface area contributed by atoms with Crippen molar-refractivity contribution in [2.24, 2.45) is 11.1 Å². The fourth-order valence-corrected chi connectivity index (χ4v) is 3.18. The van der Waals surface area contributed by atoms with E-state index in [1.807, 2.05) is 19.2 Å². The van der Waals surface area contributed by atoms with Gasteiger partial charge in [0, 0.05) is 31.7 Å². The maximum Gasteiger partial charge on any atom is 0.317 e. The van der Waals surface area contributed by atoms with E-state index in [9.17, 15) is 14.9 Å².